The van der Waals surface area contributed by atoms with Crippen molar-refractivity contribution in [2.45, 2.75) is 6.04 Å². The van der Waals surface area contributed by atoms with Crippen LogP contribution in [0.4, 0.5) is 8.78 Å². The molecule has 0 radical (unpaired) electrons. The maximum absolute atomic E-state index is 13.4. The minimum atomic E-state index is -1.04. The molecule has 5 nitrogen and oxygen atoms in total. The first kappa shape index (κ1) is 19.3. The predicted molar refractivity (Wildman–Crippen MR) is 96.8 cm³/mol. The molecule has 1 fully saturated rings. The average Bonchev–Trinajstić information content (AvgIpc) is 2.71. The number of halogens is 2. The van der Waals surface area contributed by atoms with Crippen molar-refractivity contribution in [2.75, 3.05) is 40.0 Å². The van der Waals surface area contributed by atoms with E-state index in [4.69, 9.17) is 9.47 Å². The minimum absolute atomic E-state index is 0.0611. The number of rotatable bonds is 6. The molecule has 7 heteroatoms. The van der Waals surface area contributed by atoms with Crippen LogP contribution in [0.3, 0.4) is 0 Å². The van der Waals surface area contributed by atoms with E-state index in [1.54, 1.807) is 7.11 Å². The van der Waals surface area contributed by atoms with Gasteiger partial charge in [-0.25, -0.2) is 8.78 Å². The van der Waals surface area contributed by atoms with E-state index in [1.165, 1.54) is 6.07 Å². The number of morpholine rings is 1. The largest absolute Gasteiger partial charge is 0.497 e. The van der Waals surface area contributed by atoms with Gasteiger partial charge in [-0.3, -0.25) is 9.69 Å². The standard InChI is InChI=1S/C20H22F2N2O3/c1-26-16-5-2-14(3-6-16)19(24-8-10-27-11-9-24)13-23-20(25)15-4-7-17(21)18(22)12-15/h2-7,12,19H,8-11,13H2,1H3,(H,23,25)/t19-/m0/s1. The van der Waals surface area contributed by atoms with Gasteiger partial charge in [-0.15, -0.1) is 0 Å². The number of ether oxygens (including phenoxy) is 2. The first-order chi connectivity index (χ1) is 13.1. The van der Waals surface area contributed by atoms with Crippen LogP contribution in [0, 0.1) is 11.6 Å². The van der Waals surface area contributed by atoms with Gasteiger partial charge in [-0.1, -0.05) is 12.1 Å². The van der Waals surface area contributed by atoms with Crippen LogP contribution < -0.4 is 10.1 Å². The Balaban J connectivity index is 1.73. The van der Waals surface area contributed by atoms with Crippen molar-refractivity contribution in [3.8, 4) is 5.75 Å². The summed E-state index contributed by atoms with van der Waals surface area (Å²) in [4.78, 5) is 14.6. The zero-order chi connectivity index (χ0) is 19.2. The van der Waals surface area contributed by atoms with Gasteiger partial charge >= 0.3 is 0 Å². The second kappa shape index (κ2) is 8.92. The van der Waals surface area contributed by atoms with Gasteiger partial charge in [0, 0.05) is 25.2 Å². The molecule has 0 unspecified atom stereocenters. The lowest BCUT2D eigenvalue weighted by molar-refractivity contribution is 0.0162. The molecule has 1 saturated heterocycles. The van der Waals surface area contributed by atoms with Crippen molar-refractivity contribution in [3.05, 3.63) is 65.2 Å². The van der Waals surface area contributed by atoms with E-state index in [2.05, 4.69) is 10.2 Å². The molecule has 2 aromatic rings. The fraction of sp³-hybridized carbons (Fsp3) is 0.350. The predicted octanol–water partition coefficient (Wildman–Crippen LogP) is 2.78. The zero-order valence-corrected chi connectivity index (χ0v) is 15.1. The lowest BCUT2D eigenvalue weighted by Crippen LogP contribution is -2.43. The van der Waals surface area contributed by atoms with Gasteiger partial charge in [0.15, 0.2) is 11.6 Å². The molecule has 1 N–H and O–H groups in total. The topological polar surface area (TPSA) is 50.8 Å². The second-order valence-corrected chi connectivity index (χ2v) is 6.28. The second-order valence-electron chi connectivity index (χ2n) is 6.28. The van der Waals surface area contributed by atoms with E-state index in [-0.39, 0.29) is 11.6 Å². The fourth-order valence-electron chi connectivity index (χ4n) is 3.10. The highest BCUT2D eigenvalue weighted by Crippen LogP contribution is 2.24. The summed E-state index contributed by atoms with van der Waals surface area (Å²) in [5, 5.41) is 2.83. The van der Waals surface area contributed by atoms with E-state index in [0.717, 1.165) is 36.5 Å². The van der Waals surface area contributed by atoms with Crippen LogP contribution in [-0.2, 0) is 4.74 Å². The molecule has 0 aliphatic carbocycles. The maximum atomic E-state index is 13.4. The Bertz CT molecular complexity index is 777. The van der Waals surface area contributed by atoms with Crippen molar-refractivity contribution < 1.29 is 23.0 Å². The summed E-state index contributed by atoms with van der Waals surface area (Å²) < 4.78 is 37.1. The Morgan fingerprint density at radius 3 is 2.48 bits per heavy atom. The highest BCUT2D eigenvalue weighted by molar-refractivity contribution is 5.94. The van der Waals surface area contributed by atoms with Crippen molar-refractivity contribution in [3.63, 3.8) is 0 Å². The highest BCUT2D eigenvalue weighted by Gasteiger charge is 2.23. The van der Waals surface area contributed by atoms with Gasteiger partial charge in [0.25, 0.3) is 5.91 Å². The van der Waals surface area contributed by atoms with Crippen LogP contribution in [0.1, 0.15) is 22.0 Å². The van der Waals surface area contributed by atoms with Gasteiger partial charge in [-0.2, -0.15) is 0 Å². The third kappa shape index (κ3) is 4.81. The van der Waals surface area contributed by atoms with E-state index in [0.29, 0.717) is 19.8 Å². The molecular formula is C20H22F2N2O3. The third-order valence-corrected chi connectivity index (χ3v) is 4.62. The number of nitrogens with one attached hydrogen (secondary N) is 1. The molecule has 1 heterocycles. The summed E-state index contributed by atoms with van der Waals surface area (Å²) in [6, 6.07) is 10.7. The molecule has 2 aromatic carbocycles. The first-order valence-corrected chi connectivity index (χ1v) is 8.77. The molecule has 0 aromatic heterocycles. The van der Waals surface area contributed by atoms with Crippen LogP contribution in [0.25, 0.3) is 0 Å². The fourth-order valence-corrected chi connectivity index (χ4v) is 3.10. The molecule has 0 saturated carbocycles. The summed E-state index contributed by atoms with van der Waals surface area (Å²) >= 11 is 0. The van der Waals surface area contributed by atoms with Crippen LogP contribution in [0.5, 0.6) is 5.75 Å². The molecule has 1 amide bonds. The summed E-state index contributed by atoms with van der Waals surface area (Å²) in [6.45, 7) is 3.09. The molecular weight excluding hydrogens is 354 g/mol. The van der Waals surface area contributed by atoms with E-state index >= 15 is 0 Å². The molecule has 27 heavy (non-hydrogen) atoms. The van der Waals surface area contributed by atoms with Crippen molar-refractivity contribution in [1.29, 1.82) is 0 Å². The number of carbonyl (C=O) groups is 1. The summed E-state index contributed by atoms with van der Waals surface area (Å²) in [5.41, 5.74) is 1.12. The van der Waals surface area contributed by atoms with Crippen LogP contribution in [-0.4, -0.2) is 50.8 Å². The average molecular weight is 376 g/mol. The Morgan fingerprint density at radius 1 is 1.15 bits per heavy atom. The van der Waals surface area contributed by atoms with Gasteiger partial charge in [-0.05, 0) is 35.9 Å². The normalized spacial score (nSPS) is 16.0. The lowest BCUT2D eigenvalue weighted by Gasteiger charge is -2.35. The number of methoxy groups -OCH3 is 1. The Morgan fingerprint density at radius 2 is 1.85 bits per heavy atom. The van der Waals surface area contributed by atoms with Crippen LogP contribution in [0.2, 0.25) is 0 Å². The quantitative estimate of drug-likeness (QED) is 0.842. The number of amides is 1. The summed E-state index contributed by atoms with van der Waals surface area (Å²) in [6.07, 6.45) is 0. The van der Waals surface area contributed by atoms with Gasteiger partial charge in [0.1, 0.15) is 5.75 Å². The SMILES string of the molecule is COc1ccc([C@H](CNC(=O)c2ccc(F)c(F)c2)N2CCOCC2)cc1. The summed E-state index contributed by atoms with van der Waals surface area (Å²) in [7, 11) is 1.61. The van der Waals surface area contributed by atoms with Crippen molar-refractivity contribution in [1.82, 2.24) is 10.2 Å². The first-order valence-electron chi connectivity index (χ1n) is 8.77. The smallest absolute Gasteiger partial charge is 0.251 e. The molecule has 1 atom stereocenters. The highest BCUT2D eigenvalue weighted by atomic mass is 19.2. The van der Waals surface area contributed by atoms with E-state index < -0.39 is 17.5 Å². The molecule has 0 bridgehead atoms. The summed E-state index contributed by atoms with van der Waals surface area (Å²) in [5.74, 6) is -1.70. The molecule has 1 aliphatic rings. The Labute approximate surface area is 156 Å². The maximum Gasteiger partial charge on any atom is 0.251 e. The van der Waals surface area contributed by atoms with Crippen LogP contribution in [0.15, 0.2) is 42.5 Å². The lowest BCUT2D eigenvalue weighted by atomic mass is 10.0. The molecule has 3 rings (SSSR count). The minimum Gasteiger partial charge on any atom is -0.497 e. The molecule has 0 spiro atoms. The third-order valence-electron chi connectivity index (χ3n) is 4.62. The van der Waals surface area contributed by atoms with Crippen molar-refractivity contribution in [2.24, 2.45) is 0 Å². The molecule has 144 valence electrons. The number of benzene rings is 2. The van der Waals surface area contributed by atoms with Gasteiger partial charge in [0.05, 0.1) is 26.4 Å². The van der Waals surface area contributed by atoms with Gasteiger partial charge < -0.3 is 14.8 Å². The van der Waals surface area contributed by atoms with Crippen LogP contribution >= 0.6 is 0 Å². The number of nitrogens with zero attached hydrogens (tertiary/aromatic N) is 1. The monoisotopic (exact) mass is 376 g/mol. The van der Waals surface area contributed by atoms with Gasteiger partial charge in [0.2, 0.25) is 0 Å². The molecule has 1 aliphatic heterocycles. The number of hydrogen-bond acceptors (Lipinski definition) is 4. The Kier molecular flexibility index (Phi) is 6.36. The van der Waals surface area contributed by atoms with E-state index in [1.807, 2.05) is 24.3 Å². The van der Waals surface area contributed by atoms with E-state index in [9.17, 15) is 13.6 Å². The zero-order valence-electron chi connectivity index (χ0n) is 15.1. The number of hydrogen-bond donors (Lipinski definition) is 1. The number of carbonyl (C=O) groups excluding carboxylic acids is 1. The Hall–Kier alpha value is -2.51. The van der Waals surface area contributed by atoms with Crippen molar-refractivity contribution >= 4 is 5.91 Å².